The SMILES string of the molecule is CCCCCCCNC(=O)NC(Cn1cnc(C2=CCC(C(=O)OC)C=C2)c1)C(=O)O. The first-order valence-corrected chi connectivity index (χ1v) is 10.7. The molecule has 2 amide bonds. The summed E-state index contributed by atoms with van der Waals surface area (Å²) in [4.78, 5) is 39.5. The zero-order chi connectivity index (χ0) is 22.6. The number of aromatic nitrogens is 2. The van der Waals surface area contributed by atoms with E-state index in [-0.39, 0.29) is 18.4 Å². The van der Waals surface area contributed by atoms with Crippen LogP contribution in [-0.4, -0.2) is 52.3 Å². The van der Waals surface area contributed by atoms with Gasteiger partial charge in [0.2, 0.25) is 0 Å². The van der Waals surface area contributed by atoms with E-state index in [0.29, 0.717) is 18.7 Å². The minimum Gasteiger partial charge on any atom is -0.480 e. The quantitative estimate of drug-likeness (QED) is 0.345. The molecule has 2 unspecified atom stereocenters. The molecule has 0 aromatic carbocycles. The normalized spacial score (nSPS) is 16.3. The third kappa shape index (κ3) is 7.92. The first kappa shape index (κ1) is 24.2. The predicted molar refractivity (Wildman–Crippen MR) is 116 cm³/mol. The fraction of sp³-hybridized carbons (Fsp3) is 0.545. The van der Waals surface area contributed by atoms with E-state index in [1.807, 2.05) is 6.08 Å². The molecule has 1 aliphatic rings. The highest BCUT2D eigenvalue weighted by Crippen LogP contribution is 2.23. The Bertz CT molecular complexity index is 815. The van der Waals surface area contributed by atoms with Crippen molar-refractivity contribution in [3.63, 3.8) is 0 Å². The van der Waals surface area contributed by atoms with Crippen molar-refractivity contribution in [1.82, 2.24) is 20.2 Å². The van der Waals surface area contributed by atoms with Crippen molar-refractivity contribution in [2.75, 3.05) is 13.7 Å². The summed E-state index contributed by atoms with van der Waals surface area (Å²) in [5.74, 6) is -1.71. The number of hydrogen-bond donors (Lipinski definition) is 3. The monoisotopic (exact) mass is 432 g/mol. The maximum atomic E-state index is 12.0. The second-order valence-electron chi connectivity index (χ2n) is 7.54. The molecular weight excluding hydrogens is 400 g/mol. The van der Waals surface area contributed by atoms with E-state index in [1.54, 1.807) is 22.9 Å². The van der Waals surface area contributed by atoms with Gasteiger partial charge in [0.25, 0.3) is 0 Å². The number of amides is 2. The highest BCUT2D eigenvalue weighted by molar-refractivity contribution is 5.82. The van der Waals surface area contributed by atoms with Crippen molar-refractivity contribution in [1.29, 1.82) is 0 Å². The van der Waals surface area contributed by atoms with E-state index in [2.05, 4.69) is 22.5 Å². The summed E-state index contributed by atoms with van der Waals surface area (Å²) in [5, 5.41) is 14.7. The number of aliphatic carboxylic acids is 1. The molecule has 0 spiro atoms. The van der Waals surface area contributed by atoms with E-state index < -0.39 is 18.0 Å². The van der Waals surface area contributed by atoms with Gasteiger partial charge in [-0.2, -0.15) is 0 Å². The van der Waals surface area contributed by atoms with Gasteiger partial charge in [-0.3, -0.25) is 4.79 Å². The van der Waals surface area contributed by atoms with Gasteiger partial charge in [-0.15, -0.1) is 0 Å². The summed E-state index contributed by atoms with van der Waals surface area (Å²) in [6, 6.07) is -1.57. The van der Waals surface area contributed by atoms with Crippen LogP contribution < -0.4 is 10.6 Å². The minimum atomic E-state index is -1.12. The van der Waals surface area contributed by atoms with Crippen LogP contribution in [0.15, 0.2) is 30.8 Å². The first-order valence-electron chi connectivity index (χ1n) is 10.7. The van der Waals surface area contributed by atoms with Crippen molar-refractivity contribution in [3.8, 4) is 0 Å². The van der Waals surface area contributed by atoms with E-state index in [4.69, 9.17) is 4.74 Å². The van der Waals surface area contributed by atoms with E-state index >= 15 is 0 Å². The smallest absolute Gasteiger partial charge is 0.328 e. The van der Waals surface area contributed by atoms with Crippen LogP contribution >= 0.6 is 0 Å². The molecule has 3 N–H and O–H groups in total. The lowest BCUT2D eigenvalue weighted by Gasteiger charge is -2.16. The van der Waals surface area contributed by atoms with E-state index in [1.165, 1.54) is 19.9 Å². The van der Waals surface area contributed by atoms with Crippen molar-refractivity contribution in [2.45, 2.75) is 58.0 Å². The number of allylic oxidation sites excluding steroid dienone is 3. The number of nitrogens with zero attached hydrogens (tertiary/aromatic N) is 2. The number of rotatable bonds is 12. The average molecular weight is 433 g/mol. The molecule has 2 rings (SSSR count). The fourth-order valence-electron chi connectivity index (χ4n) is 3.28. The molecule has 2 atom stereocenters. The van der Waals surface area contributed by atoms with Crippen LogP contribution in [0.25, 0.3) is 5.57 Å². The third-order valence-electron chi connectivity index (χ3n) is 5.10. The lowest BCUT2D eigenvalue weighted by Crippen LogP contribution is -2.48. The van der Waals surface area contributed by atoms with E-state index in [9.17, 15) is 19.5 Å². The Morgan fingerprint density at radius 2 is 2.06 bits per heavy atom. The van der Waals surface area contributed by atoms with Crippen molar-refractivity contribution in [2.24, 2.45) is 5.92 Å². The van der Waals surface area contributed by atoms with Crippen molar-refractivity contribution in [3.05, 3.63) is 36.4 Å². The number of urea groups is 1. The molecule has 0 saturated carbocycles. The van der Waals surface area contributed by atoms with Gasteiger partial charge in [-0.25, -0.2) is 14.6 Å². The molecule has 1 aromatic rings. The summed E-state index contributed by atoms with van der Waals surface area (Å²) >= 11 is 0. The van der Waals surface area contributed by atoms with Crippen LogP contribution in [0.2, 0.25) is 0 Å². The number of imidazole rings is 1. The van der Waals surface area contributed by atoms with Crippen LogP contribution in [0.4, 0.5) is 4.79 Å². The van der Waals surface area contributed by atoms with Crippen LogP contribution in [0, 0.1) is 5.92 Å². The number of carbonyl (C=O) groups is 3. The highest BCUT2D eigenvalue weighted by atomic mass is 16.5. The molecule has 0 aliphatic heterocycles. The molecule has 1 aliphatic carbocycles. The summed E-state index contributed by atoms with van der Waals surface area (Å²) < 4.78 is 6.37. The maximum absolute atomic E-state index is 12.0. The summed E-state index contributed by atoms with van der Waals surface area (Å²) in [6.45, 7) is 2.71. The number of methoxy groups -OCH3 is 1. The summed E-state index contributed by atoms with van der Waals surface area (Å²) in [6.07, 6.45) is 14.6. The van der Waals surface area contributed by atoms with Crippen molar-refractivity contribution < 1.29 is 24.2 Å². The molecule has 0 fully saturated rings. The van der Waals surface area contributed by atoms with Crippen molar-refractivity contribution >= 4 is 23.5 Å². The molecule has 1 heterocycles. The van der Waals surface area contributed by atoms with Gasteiger partial charge in [0.05, 0.1) is 31.6 Å². The van der Waals surface area contributed by atoms with Crippen LogP contribution in [-0.2, 0) is 20.9 Å². The molecule has 9 heteroatoms. The topological polar surface area (TPSA) is 123 Å². The molecular formula is C22H32N4O5. The number of carboxylic acids is 1. The molecule has 0 saturated heterocycles. The Morgan fingerprint density at radius 1 is 1.29 bits per heavy atom. The number of unbranched alkanes of at least 4 members (excludes halogenated alkanes) is 4. The van der Waals surface area contributed by atoms with Gasteiger partial charge in [-0.05, 0) is 18.4 Å². The van der Waals surface area contributed by atoms with Crippen LogP contribution in [0.5, 0.6) is 0 Å². The minimum absolute atomic E-state index is 0.0496. The molecule has 31 heavy (non-hydrogen) atoms. The van der Waals surface area contributed by atoms with Crippen LogP contribution in [0.3, 0.4) is 0 Å². The second kappa shape index (κ2) is 12.6. The molecule has 0 bridgehead atoms. The maximum Gasteiger partial charge on any atom is 0.328 e. The average Bonchev–Trinajstić information content (AvgIpc) is 3.23. The van der Waals surface area contributed by atoms with E-state index in [0.717, 1.165) is 31.3 Å². The number of esters is 1. The number of hydrogen-bond acceptors (Lipinski definition) is 5. The Morgan fingerprint density at radius 3 is 2.71 bits per heavy atom. The van der Waals surface area contributed by atoms with Gasteiger partial charge >= 0.3 is 18.0 Å². The first-order chi connectivity index (χ1) is 14.9. The zero-order valence-electron chi connectivity index (χ0n) is 18.2. The summed E-state index contributed by atoms with van der Waals surface area (Å²) in [7, 11) is 1.36. The van der Waals surface area contributed by atoms with Gasteiger partial charge < -0.3 is 25.0 Å². The third-order valence-corrected chi connectivity index (χ3v) is 5.10. The van der Waals surface area contributed by atoms with Crippen LogP contribution in [0.1, 0.15) is 51.1 Å². The van der Waals surface area contributed by atoms with Gasteiger partial charge in [-0.1, -0.05) is 50.8 Å². The summed E-state index contributed by atoms with van der Waals surface area (Å²) in [5.41, 5.74) is 1.51. The Hall–Kier alpha value is -3.10. The molecule has 0 radical (unpaired) electrons. The second-order valence-corrected chi connectivity index (χ2v) is 7.54. The molecule has 9 nitrogen and oxygen atoms in total. The largest absolute Gasteiger partial charge is 0.480 e. The number of carbonyl (C=O) groups excluding carboxylic acids is 2. The van der Waals surface area contributed by atoms with Gasteiger partial charge in [0, 0.05) is 12.7 Å². The lowest BCUT2D eigenvalue weighted by atomic mass is 9.96. The zero-order valence-corrected chi connectivity index (χ0v) is 18.2. The number of ether oxygens (including phenoxy) is 1. The molecule has 170 valence electrons. The number of carboxylic acid groups (broad SMARTS) is 1. The predicted octanol–water partition coefficient (Wildman–Crippen LogP) is 2.74. The number of nitrogens with one attached hydrogen (secondary N) is 2. The van der Waals surface area contributed by atoms with Gasteiger partial charge in [0.15, 0.2) is 0 Å². The highest BCUT2D eigenvalue weighted by Gasteiger charge is 2.22. The van der Waals surface area contributed by atoms with Gasteiger partial charge in [0.1, 0.15) is 6.04 Å². The molecule has 1 aromatic heterocycles. The Labute approximate surface area is 182 Å². The Balaban J connectivity index is 1.85. The lowest BCUT2D eigenvalue weighted by molar-refractivity contribution is -0.143. The fourth-order valence-corrected chi connectivity index (χ4v) is 3.28. The standard InChI is InChI=1S/C22H32N4O5/c1-3-4-5-6-7-12-23-22(30)25-19(20(27)28)14-26-13-18(24-15-26)16-8-10-17(11-9-16)21(29)31-2/h8-10,13,15,17,19H,3-7,11-12,14H2,1-2H3,(H,27,28)(H2,23,25,30). The Kier molecular flexibility index (Phi) is 9.80.